The van der Waals surface area contributed by atoms with E-state index in [1.807, 2.05) is 6.92 Å². The van der Waals surface area contributed by atoms with Gasteiger partial charge in [0.25, 0.3) is 0 Å². The minimum atomic E-state index is -0.307. The van der Waals surface area contributed by atoms with Gasteiger partial charge in [0, 0.05) is 22.2 Å². The molecule has 15 heavy (non-hydrogen) atoms. The first-order valence-corrected chi connectivity index (χ1v) is 5.58. The van der Waals surface area contributed by atoms with Crippen LogP contribution in [0.25, 0.3) is 0 Å². The van der Waals surface area contributed by atoms with Gasteiger partial charge in [0.2, 0.25) is 0 Å². The molecule has 1 heterocycles. The molecule has 0 saturated carbocycles. The molecule has 0 saturated heterocycles. The van der Waals surface area contributed by atoms with Crippen molar-refractivity contribution in [3.8, 4) is 0 Å². The Balaban J connectivity index is 2.35. The minimum absolute atomic E-state index is 0.0956. The average molecular weight is 228 g/mol. The topological polar surface area (TPSA) is 50.4 Å². The van der Waals surface area contributed by atoms with Crippen molar-refractivity contribution in [3.63, 3.8) is 0 Å². The molecule has 2 amide bonds. The maximum absolute atomic E-state index is 11.1. The van der Waals surface area contributed by atoms with Gasteiger partial charge in [-0.25, -0.2) is 10.3 Å². The van der Waals surface area contributed by atoms with Crippen molar-refractivity contribution < 1.29 is 9.63 Å². The van der Waals surface area contributed by atoms with Crippen LogP contribution in [-0.2, 0) is 11.3 Å². The number of urea groups is 1. The molecule has 0 radical (unpaired) electrons. The van der Waals surface area contributed by atoms with Crippen LogP contribution in [0.3, 0.4) is 0 Å². The van der Waals surface area contributed by atoms with Gasteiger partial charge in [-0.05, 0) is 26.0 Å². The molecule has 84 valence electrons. The maximum Gasteiger partial charge on any atom is 0.338 e. The highest BCUT2D eigenvalue weighted by molar-refractivity contribution is 7.11. The number of rotatable bonds is 4. The summed E-state index contributed by atoms with van der Waals surface area (Å²) in [5, 5.41) is 2.77. The van der Waals surface area contributed by atoms with Crippen molar-refractivity contribution in [2.45, 2.75) is 26.3 Å². The van der Waals surface area contributed by atoms with E-state index in [2.05, 4.69) is 34.7 Å². The summed E-state index contributed by atoms with van der Waals surface area (Å²) in [6.45, 7) is 4.04. The zero-order valence-electron chi connectivity index (χ0n) is 9.16. The Kier molecular flexibility index (Phi) is 4.58. The molecule has 5 heteroatoms. The standard InChI is InChI=1S/C10H16N2O2S/c1-7(11-10(13)12-14-3)6-9-5-4-8(2)15-9/h4-5,7H,6H2,1-3H3,(H2,11,12,13)/t7-/m1/s1. The molecule has 0 spiro atoms. The first-order valence-electron chi connectivity index (χ1n) is 4.76. The Bertz CT molecular complexity index is 325. The molecule has 1 atom stereocenters. The van der Waals surface area contributed by atoms with Crippen LogP contribution >= 0.6 is 11.3 Å². The lowest BCUT2D eigenvalue weighted by Crippen LogP contribution is -2.41. The fourth-order valence-electron chi connectivity index (χ4n) is 1.29. The fourth-order valence-corrected chi connectivity index (χ4v) is 2.31. The largest absolute Gasteiger partial charge is 0.338 e. The van der Waals surface area contributed by atoms with Crippen LogP contribution < -0.4 is 10.8 Å². The van der Waals surface area contributed by atoms with Gasteiger partial charge in [-0.2, -0.15) is 0 Å². The zero-order chi connectivity index (χ0) is 11.3. The van der Waals surface area contributed by atoms with E-state index in [-0.39, 0.29) is 12.1 Å². The second kappa shape index (κ2) is 5.72. The predicted molar refractivity (Wildman–Crippen MR) is 60.9 cm³/mol. The Labute approximate surface area is 93.6 Å². The molecular weight excluding hydrogens is 212 g/mol. The van der Waals surface area contributed by atoms with Crippen molar-refractivity contribution >= 4 is 17.4 Å². The van der Waals surface area contributed by atoms with Crippen molar-refractivity contribution in [2.75, 3.05) is 7.11 Å². The highest BCUT2D eigenvalue weighted by Crippen LogP contribution is 2.16. The summed E-state index contributed by atoms with van der Waals surface area (Å²) in [4.78, 5) is 18.2. The van der Waals surface area contributed by atoms with E-state index >= 15 is 0 Å². The van der Waals surface area contributed by atoms with Crippen molar-refractivity contribution in [2.24, 2.45) is 0 Å². The van der Waals surface area contributed by atoms with Gasteiger partial charge in [-0.15, -0.1) is 11.3 Å². The van der Waals surface area contributed by atoms with E-state index < -0.39 is 0 Å². The summed E-state index contributed by atoms with van der Waals surface area (Å²) < 4.78 is 0. The number of thiophene rings is 1. The molecule has 1 aromatic heterocycles. The first kappa shape index (κ1) is 12.0. The van der Waals surface area contributed by atoms with Crippen LogP contribution in [0.4, 0.5) is 4.79 Å². The van der Waals surface area contributed by atoms with Crippen molar-refractivity contribution in [1.82, 2.24) is 10.8 Å². The summed E-state index contributed by atoms with van der Waals surface area (Å²) in [7, 11) is 1.41. The first-order chi connectivity index (χ1) is 7.11. The van der Waals surface area contributed by atoms with E-state index in [0.717, 1.165) is 6.42 Å². The smallest absolute Gasteiger partial charge is 0.334 e. The van der Waals surface area contributed by atoms with Crippen molar-refractivity contribution in [1.29, 1.82) is 0 Å². The number of carbonyl (C=O) groups excluding carboxylic acids is 1. The van der Waals surface area contributed by atoms with E-state index in [1.165, 1.54) is 16.9 Å². The molecular formula is C10H16N2O2S. The Hall–Kier alpha value is -1.07. The van der Waals surface area contributed by atoms with E-state index in [4.69, 9.17) is 0 Å². The number of hydroxylamine groups is 1. The Morgan fingerprint density at radius 3 is 2.87 bits per heavy atom. The lowest BCUT2D eigenvalue weighted by atomic mass is 10.2. The van der Waals surface area contributed by atoms with Crippen LogP contribution in [0.15, 0.2) is 12.1 Å². The van der Waals surface area contributed by atoms with Crippen LogP contribution in [0.5, 0.6) is 0 Å². The van der Waals surface area contributed by atoms with Gasteiger partial charge in [0.15, 0.2) is 0 Å². The summed E-state index contributed by atoms with van der Waals surface area (Å²) in [5.41, 5.74) is 2.22. The average Bonchev–Trinajstić information content (AvgIpc) is 2.51. The van der Waals surface area contributed by atoms with E-state index in [1.54, 1.807) is 11.3 Å². The van der Waals surface area contributed by atoms with Crippen LogP contribution in [0.2, 0.25) is 0 Å². The summed E-state index contributed by atoms with van der Waals surface area (Å²) in [6.07, 6.45) is 0.843. The second-order valence-electron chi connectivity index (χ2n) is 3.40. The SMILES string of the molecule is CONC(=O)N[C@H](C)Cc1ccc(C)s1. The van der Waals surface area contributed by atoms with Crippen molar-refractivity contribution in [3.05, 3.63) is 21.9 Å². The quantitative estimate of drug-likeness (QED) is 0.773. The lowest BCUT2D eigenvalue weighted by Gasteiger charge is -2.12. The van der Waals surface area contributed by atoms with Gasteiger partial charge < -0.3 is 5.32 Å². The predicted octanol–water partition coefficient (Wildman–Crippen LogP) is 1.85. The second-order valence-corrected chi connectivity index (χ2v) is 4.77. The lowest BCUT2D eigenvalue weighted by molar-refractivity contribution is 0.106. The highest BCUT2D eigenvalue weighted by Gasteiger charge is 2.08. The third kappa shape index (κ3) is 4.31. The molecule has 0 aliphatic heterocycles. The molecule has 0 bridgehead atoms. The monoisotopic (exact) mass is 228 g/mol. The number of amides is 2. The minimum Gasteiger partial charge on any atom is -0.334 e. The molecule has 0 fully saturated rings. The molecule has 1 aromatic rings. The van der Waals surface area contributed by atoms with Gasteiger partial charge in [-0.3, -0.25) is 4.84 Å². The number of carbonyl (C=O) groups is 1. The molecule has 1 rings (SSSR count). The van der Waals surface area contributed by atoms with Gasteiger partial charge in [0.1, 0.15) is 0 Å². The summed E-state index contributed by atoms with van der Waals surface area (Å²) in [5.74, 6) is 0. The fraction of sp³-hybridized carbons (Fsp3) is 0.500. The van der Waals surface area contributed by atoms with Gasteiger partial charge in [0.05, 0.1) is 7.11 Å². The molecule has 0 unspecified atom stereocenters. The van der Waals surface area contributed by atoms with Crippen LogP contribution in [-0.4, -0.2) is 19.2 Å². The number of nitrogens with one attached hydrogen (secondary N) is 2. The molecule has 0 aliphatic rings. The van der Waals surface area contributed by atoms with Gasteiger partial charge in [-0.1, -0.05) is 0 Å². The zero-order valence-corrected chi connectivity index (χ0v) is 9.98. The normalized spacial score (nSPS) is 12.2. The van der Waals surface area contributed by atoms with Crippen LogP contribution in [0.1, 0.15) is 16.7 Å². The third-order valence-electron chi connectivity index (χ3n) is 1.88. The van der Waals surface area contributed by atoms with Gasteiger partial charge >= 0.3 is 6.03 Å². The Morgan fingerprint density at radius 1 is 1.60 bits per heavy atom. The van der Waals surface area contributed by atoms with E-state index in [0.29, 0.717) is 0 Å². The summed E-state index contributed by atoms with van der Waals surface area (Å²) >= 11 is 1.75. The molecule has 4 nitrogen and oxygen atoms in total. The third-order valence-corrected chi connectivity index (χ3v) is 2.90. The highest BCUT2D eigenvalue weighted by atomic mass is 32.1. The van der Waals surface area contributed by atoms with E-state index in [9.17, 15) is 4.79 Å². The maximum atomic E-state index is 11.1. The summed E-state index contributed by atoms with van der Waals surface area (Å²) in [6, 6.07) is 3.96. The van der Waals surface area contributed by atoms with Crippen LogP contribution in [0, 0.1) is 6.92 Å². The number of hydrogen-bond acceptors (Lipinski definition) is 3. The number of hydrogen-bond donors (Lipinski definition) is 2. The molecule has 0 aromatic carbocycles. The molecule has 0 aliphatic carbocycles. The molecule has 2 N–H and O–H groups in total. The number of aryl methyl sites for hydroxylation is 1. The Morgan fingerprint density at radius 2 is 2.33 bits per heavy atom.